The number of thiazole rings is 1. The van der Waals surface area contributed by atoms with Gasteiger partial charge < -0.3 is 5.11 Å². The Kier molecular flexibility index (Phi) is 2.47. The van der Waals surface area contributed by atoms with E-state index in [1.807, 2.05) is 6.92 Å². The molecule has 1 atom stereocenters. The third-order valence-electron chi connectivity index (χ3n) is 2.40. The monoisotopic (exact) mass is 261 g/mol. The minimum atomic E-state index is -0.693. The highest BCUT2D eigenvalue weighted by Gasteiger charge is 2.35. The molecular weight excluding hydrogens is 250 g/mol. The van der Waals surface area contributed by atoms with E-state index in [1.54, 1.807) is 5.51 Å². The maximum atomic E-state index is 10.2. The number of halogens is 1. The SMILES string of the molecule is CC(O)(CC1CC1)c1scnc1Br. The van der Waals surface area contributed by atoms with Crippen LogP contribution in [0.3, 0.4) is 0 Å². The Morgan fingerprint density at radius 3 is 2.92 bits per heavy atom. The third-order valence-corrected chi connectivity index (χ3v) is 4.34. The van der Waals surface area contributed by atoms with Gasteiger partial charge in [-0.3, -0.25) is 0 Å². The fourth-order valence-electron chi connectivity index (χ4n) is 1.56. The van der Waals surface area contributed by atoms with Crippen molar-refractivity contribution in [3.05, 3.63) is 15.0 Å². The van der Waals surface area contributed by atoms with Gasteiger partial charge in [-0.05, 0) is 35.2 Å². The number of aliphatic hydroxyl groups is 1. The summed E-state index contributed by atoms with van der Waals surface area (Å²) in [6.07, 6.45) is 3.41. The van der Waals surface area contributed by atoms with E-state index in [0.29, 0.717) is 0 Å². The molecule has 0 bridgehead atoms. The number of hydrogen-bond donors (Lipinski definition) is 1. The summed E-state index contributed by atoms with van der Waals surface area (Å²) in [5.41, 5.74) is 1.07. The minimum Gasteiger partial charge on any atom is -0.385 e. The predicted molar refractivity (Wildman–Crippen MR) is 56.7 cm³/mol. The van der Waals surface area contributed by atoms with Gasteiger partial charge in [-0.2, -0.15) is 0 Å². The first-order valence-corrected chi connectivity index (χ1v) is 6.09. The first-order valence-electron chi connectivity index (χ1n) is 4.41. The molecule has 0 aromatic carbocycles. The fourth-order valence-corrected chi connectivity index (χ4v) is 3.25. The number of aromatic nitrogens is 1. The molecule has 1 N–H and O–H groups in total. The molecule has 0 aliphatic heterocycles. The Morgan fingerprint density at radius 1 is 1.77 bits per heavy atom. The first kappa shape index (κ1) is 9.62. The Bertz CT molecular complexity index is 306. The minimum absolute atomic E-state index is 0.693. The van der Waals surface area contributed by atoms with Crippen LogP contribution in [-0.2, 0) is 5.60 Å². The maximum absolute atomic E-state index is 10.2. The normalized spacial score (nSPS) is 21.5. The van der Waals surface area contributed by atoms with Crippen molar-refractivity contribution in [1.29, 1.82) is 0 Å². The van der Waals surface area contributed by atoms with Gasteiger partial charge in [-0.1, -0.05) is 12.8 Å². The molecule has 0 spiro atoms. The van der Waals surface area contributed by atoms with Crippen LogP contribution in [0.1, 0.15) is 31.1 Å². The first-order chi connectivity index (χ1) is 6.09. The van der Waals surface area contributed by atoms with E-state index < -0.39 is 5.60 Å². The molecule has 1 aromatic heterocycles. The highest BCUT2D eigenvalue weighted by atomic mass is 79.9. The summed E-state index contributed by atoms with van der Waals surface area (Å²) in [6.45, 7) is 1.88. The second-order valence-corrected chi connectivity index (χ2v) is 5.50. The van der Waals surface area contributed by atoms with E-state index in [0.717, 1.165) is 21.8 Å². The van der Waals surface area contributed by atoms with E-state index in [2.05, 4.69) is 20.9 Å². The van der Waals surface area contributed by atoms with Crippen LogP contribution in [0.2, 0.25) is 0 Å². The average Bonchev–Trinajstić information content (AvgIpc) is 2.69. The third kappa shape index (κ3) is 2.11. The van der Waals surface area contributed by atoms with Gasteiger partial charge in [0, 0.05) is 0 Å². The van der Waals surface area contributed by atoms with Gasteiger partial charge in [0.05, 0.1) is 16.0 Å². The zero-order valence-electron chi connectivity index (χ0n) is 7.46. The van der Waals surface area contributed by atoms with Crippen LogP contribution in [0.4, 0.5) is 0 Å². The molecule has 1 saturated carbocycles. The Labute approximate surface area is 90.1 Å². The number of rotatable bonds is 3. The van der Waals surface area contributed by atoms with Crippen LogP contribution < -0.4 is 0 Å². The Morgan fingerprint density at radius 2 is 2.46 bits per heavy atom. The molecule has 72 valence electrons. The van der Waals surface area contributed by atoms with Crippen molar-refractivity contribution in [1.82, 2.24) is 4.98 Å². The second kappa shape index (κ2) is 3.33. The molecule has 1 heterocycles. The molecule has 1 aromatic rings. The summed E-state index contributed by atoms with van der Waals surface area (Å²) in [5, 5.41) is 10.2. The van der Waals surface area contributed by atoms with Crippen LogP contribution in [-0.4, -0.2) is 10.1 Å². The van der Waals surface area contributed by atoms with E-state index in [-0.39, 0.29) is 0 Å². The highest BCUT2D eigenvalue weighted by Crippen LogP contribution is 2.43. The highest BCUT2D eigenvalue weighted by molar-refractivity contribution is 9.10. The molecule has 4 heteroatoms. The summed E-state index contributed by atoms with van der Waals surface area (Å²) < 4.78 is 0.795. The smallest absolute Gasteiger partial charge is 0.123 e. The van der Waals surface area contributed by atoms with Gasteiger partial charge in [0.15, 0.2) is 0 Å². The van der Waals surface area contributed by atoms with Gasteiger partial charge in [0.1, 0.15) is 4.60 Å². The lowest BCUT2D eigenvalue weighted by Gasteiger charge is -2.21. The maximum Gasteiger partial charge on any atom is 0.123 e. The zero-order valence-corrected chi connectivity index (χ0v) is 9.86. The lowest BCUT2D eigenvalue weighted by molar-refractivity contribution is 0.0446. The number of hydrogen-bond acceptors (Lipinski definition) is 3. The standard InChI is InChI=1S/C9H12BrNOS/c1-9(12,4-6-2-3-6)7-8(10)11-5-13-7/h5-6,12H,2-4H2,1H3. The quantitative estimate of drug-likeness (QED) is 0.908. The molecule has 13 heavy (non-hydrogen) atoms. The van der Waals surface area contributed by atoms with Gasteiger partial charge in [0.25, 0.3) is 0 Å². The van der Waals surface area contributed by atoms with E-state index in [9.17, 15) is 5.11 Å². The zero-order chi connectivity index (χ0) is 9.47. The van der Waals surface area contributed by atoms with E-state index in [1.165, 1.54) is 24.2 Å². The van der Waals surface area contributed by atoms with Crippen molar-refractivity contribution in [2.24, 2.45) is 5.92 Å². The summed E-state index contributed by atoms with van der Waals surface area (Å²) in [4.78, 5) is 5.04. The summed E-state index contributed by atoms with van der Waals surface area (Å²) in [6, 6.07) is 0. The van der Waals surface area contributed by atoms with Crippen LogP contribution >= 0.6 is 27.3 Å². The lowest BCUT2D eigenvalue weighted by Crippen LogP contribution is -2.20. The molecule has 2 rings (SSSR count). The molecule has 0 radical (unpaired) electrons. The van der Waals surface area contributed by atoms with Crippen molar-refractivity contribution >= 4 is 27.3 Å². The van der Waals surface area contributed by atoms with Gasteiger partial charge in [-0.25, -0.2) is 4.98 Å². The van der Waals surface area contributed by atoms with E-state index >= 15 is 0 Å². The predicted octanol–water partition coefficient (Wildman–Crippen LogP) is 2.91. The van der Waals surface area contributed by atoms with Crippen molar-refractivity contribution in [2.45, 2.75) is 31.8 Å². The van der Waals surface area contributed by atoms with Crippen LogP contribution in [0, 0.1) is 5.92 Å². The van der Waals surface area contributed by atoms with Crippen LogP contribution in [0.25, 0.3) is 0 Å². The summed E-state index contributed by atoms with van der Waals surface area (Å²) >= 11 is 4.87. The summed E-state index contributed by atoms with van der Waals surface area (Å²) in [5.74, 6) is 0.726. The van der Waals surface area contributed by atoms with Gasteiger partial charge in [-0.15, -0.1) is 11.3 Å². The van der Waals surface area contributed by atoms with Gasteiger partial charge in [0.2, 0.25) is 0 Å². The van der Waals surface area contributed by atoms with Crippen molar-refractivity contribution in [3.63, 3.8) is 0 Å². The molecule has 1 aliphatic carbocycles. The molecule has 2 nitrogen and oxygen atoms in total. The number of nitrogens with zero attached hydrogens (tertiary/aromatic N) is 1. The molecule has 1 aliphatic rings. The average molecular weight is 262 g/mol. The van der Waals surface area contributed by atoms with Gasteiger partial charge >= 0.3 is 0 Å². The van der Waals surface area contributed by atoms with Crippen molar-refractivity contribution < 1.29 is 5.11 Å². The largest absolute Gasteiger partial charge is 0.385 e. The lowest BCUT2D eigenvalue weighted by atomic mass is 9.98. The molecule has 1 fully saturated rings. The van der Waals surface area contributed by atoms with E-state index in [4.69, 9.17) is 0 Å². The summed E-state index contributed by atoms with van der Waals surface area (Å²) in [7, 11) is 0. The molecule has 0 saturated heterocycles. The van der Waals surface area contributed by atoms with Crippen LogP contribution in [0.5, 0.6) is 0 Å². The van der Waals surface area contributed by atoms with Crippen molar-refractivity contribution in [3.8, 4) is 0 Å². The van der Waals surface area contributed by atoms with Crippen LogP contribution in [0.15, 0.2) is 10.1 Å². The fraction of sp³-hybridized carbons (Fsp3) is 0.667. The Hall–Kier alpha value is 0.0700. The second-order valence-electron chi connectivity index (χ2n) is 3.89. The Balaban J connectivity index is 2.17. The topological polar surface area (TPSA) is 33.1 Å². The molecule has 1 unspecified atom stereocenters. The molecule has 0 amide bonds. The van der Waals surface area contributed by atoms with Crippen molar-refractivity contribution in [2.75, 3.05) is 0 Å². The molecular formula is C9H12BrNOS.